The average Bonchev–Trinajstić information content (AvgIpc) is 2.17. The Morgan fingerprint density at radius 2 is 1.86 bits per heavy atom. The van der Waals surface area contributed by atoms with Gasteiger partial charge in [-0.3, -0.25) is 0 Å². The molecule has 0 aliphatic heterocycles. The molecule has 0 spiro atoms. The highest BCUT2D eigenvalue weighted by molar-refractivity contribution is 4.76. The van der Waals surface area contributed by atoms with Crippen LogP contribution in [0.5, 0.6) is 0 Å². The zero-order chi connectivity index (χ0) is 11.0. The number of rotatable bonds is 8. The van der Waals surface area contributed by atoms with Crippen LogP contribution in [-0.4, -0.2) is 38.6 Å². The molecule has 1 atom stereocenters. The monoisotopic (exact) mass is 204 g/mol. The van der Waals surface area contributed by atoms with E-state index in [1.165, 1.54) is 0 Å². The Kier molecular flexibility index (Phi) is 7.15. The van der Waals surface area contributed by atoms with Crippen LogP contribution >= 0.6 is 0 Å². The molecule has 0 radical (unpaired) electrons. The van der Waals surface area contributed by atoms with Crippen molar-refractivity contribution in [2.45, 2.75) is 27.2 Å². The minimum Gasteiger partial charge on any atom is -0.396 e. The summed E-state index contributed by atoms with van der Waals surface area (Å²) in [7, 11) is 1.66. The molecule has 0 heterocycles. The highest BCUT2D eigenvalue weighted by atomic mass is 16.5. The van der Waals surface area contributed by atoms with E-state index in [9.17, 15) is 5.11 Å². The van der Waals surface area contributed by atoms with Gasteiger partial charge in [0.25, 0.3) is 0 Å². The molecule has 0 aliphatic carbocycles. The van der Waals surface area contributed by atoms with Gasteiger partial charge in [-0.2, -0.15) is 0 Å². The second-order valence-corrected chi connectivity index (χ2v) is 4.32. The summed E-state index contributed by atoms with van der Waals surface area (Å²) in [5, 5.41) is 9.28. The normalized spacial score (nSPS) is 15.9. The van der Waals surface area contributed by atoms with E-state index < -0.39 is 0 Å². The number of aliphatic hydroxyl groups excluding tert-OH is 1. The summed E-state index contributed by atoms with van der Waals surface area (Å²) in [6, 6.07) is 0. The number of hydrogen-bond acceptors (Lipinski definition) is 3. The molecule has 0 fully saturated rings. The van der Waals surface area contributed by atoms with Crippen molar-refractivity contribution in [1.82, 2.24) is 0 Å². The van der Waals surface area contributed by atoms with Crippen LogP contribution in [0.1, 0.15) is 27.2 Å². The van der Waals surface area contributed by atoms with Gasteiger partial charge in [0.05, 0.1) is 13.2 Å². The molecule has 0 aromatic carbocycles. The smallest absolute Gasteiger partial charge is 0.0700 e. The van der Waals surface area contributed by atoms with Crippen molar-refractivity contribution in [2.75, 3.05) is 33.5 Å². The highest BCUT2D eigenvalue weighted by Crippen LogP contribution is 2.29. The Balaban J connectivity index is 3.63. The minimum absolute atomic E-state index is 0.0208. The first-order valence-electron chi connectivity index (χ1n) is 5.24. The molecule has 0 aliphatic rings. The fraction of sp³-hybridized carbons (Fsp3) is 1.00. The third-order valence-electron chi connectivity index (χ3n) is 3.00. The van der Waals surface area contributed by atoms with Gasteiger partial charge in [-0.05, 0) is 17.8 Å². The van der Waals surface area contributed by atoms with Gasteiger partial charge < -0.3 is 14.6 Å². The lowest BCUT2D eigenvalue weighted by Crippen LogP contribution is -2.29. The first-order valence-corrected chi connectivity index (χ1v) is 5.24. The molecule has 14 heavy (non-hydrogen) atoms. The minimum atomic E-state index is -0.0208. The third-order valence-corrected chi connectivity index (χ3v) is 3.00. The lowest BCUT2D eigenvalue weighted by molar-refractivity contribution is 0.0221. The summed E-state index contributed by atoms with van der Waals surface area (Å²) in [6.45, 7) is 8.54. The van der Waals surface area contributed by atoms with Gasteiger partial charge in [-0.25, -0.2) is 0 Å². The molecule has 86 valence electrons. The van der Waals surface area contributed by atoms with Crippen LogP contribution in [0.3, 0.4) is 0 Å². The fourth-order valence-corrected chi connectivity index (χ4v) is 1.10. The van der Waals surface area contributed by atoms with Gasteiger partial charge >= 0.3 is 0 Å². The zero-order valence-corrected chi connectivity index (χ0v) is 9.88. The van der Waals surface area contributed by atoms with E-state index in [2.05, 4.69) is 20.8 Å². The van der Waals surface area contributed by atoms with Crippen molar-refractivity contribution >= 4 is 0 Å². The van der Waals surface area contributed by atoms with Crippen LogP contribution < -0.4 is 0 Å². The maximum absolute atomic E-state index is 9.28. The maximum atomic E-state index is 9.28. The van der Waals surface area contributed by atoms with Crippen molar-refractivity contribution in [3.8, 4) is 0 Å². The van der Waals surface area contributed by atoms with Crippen LogP contribution in [0.15, 0.2) is 0 Å². The predicted molar refractivity (Wildman–Crippen MR) is 57.3 cm³/mol. The molecule has 0 saturated heterocycles. The molecule has 1 unspecified atom stereocenters. The Labute approximate surface area is 87.4 Å². The van der Waals surface area contributed by atoms with Gasteiger partial charge in [0.2, 0.25) is 0 Å². The first kappa shape index (κ1) is 13.9. The topological polar surface area (TPSA) is 38.7 Å². The molecule has 0 rings (SSSR count). The quantitative estimate of drug-likeness (QED) is 0.612. The van der Waals surface area contributed by atoms with Gasteiger partial charge in [-0.15, -0.1) is 0 Å². The van der Waals surface area contributed by atoms with Crippen LogP contribution in [0.25, 0.3) is 0 Å². The fourth-order valence-electron chi connectivity index (χ4n) is 1.10. The molecule has 0 bridgehead atoms. The molecule has 3 nitrogen and oxygen atoms in total. The van der Waals surface area contributed by atoms with E-state index in [4.69, 9.17) is 9.47 Å². The molecule has 0 aromatic rings. The van der Waals surface area contributed by atoms with E-state index in [0.29, 0.717) is 25.7 Å². The molecule has 0 saturated carbocycles. The van der Waals surface area contributed by atoms with Crippen molar-refractivity contribution < 1.29 is 14.6 Å². The molecule has 0 aromatic heterocycles. The van der Waals surface area contributed by atoms with Crippen molar-refractivity contribution in [3.63, 3.8) is 0 Å². The van der Waals surface area contributed by atoms with Crippen LogP contribution in [0, 0.1) is 11.3 Å². The Hall–Kier alpha value is -0.120. The third kappa shape index (κ3) is 4.94. The van der Waals surface area contributed by atoms with Crippen LogP contribution in [0.2, 0.25) is 0 Å². The van der Waals surface area contributed by atoms with Crippen LogP contribution in [0.4, 0.5) is 0 Å². The van der Waals surface area contributed by atoms with Crippen molar-refractivity contribution in [3.05, 3.63) is 0 Å². The van der Waals surface area contributed by atoms with Crippen LogP contribution in [-0.2, 0) is 9.47 Å². The Morgan fingerprint density at radius 3 is 2.29 bits per heavy atom. The molecular formula is C11H24O3. The standard InChI is InChI=1S/C11H24O3/c1-10(2)11(3,9-12)5-6-14-8-7-13-4/h10,12H,5-9H2,1-4H3. The van der Waals surface area contributed by atoms with E-state index in [-0.39, 0.29) is 12.0 Å². The predicted octanol–water partition coefficient (Wildman–Crippen LogP) is 1.69. The molecule has 3 heteroatoms. The molecular weight excluding hydrogens is 180 g/mol. The van der Waals surface area contributed by atoms with Gasteiger partial charge in [0, 0.05) is 20.3 Å². The molecule has 0 amide bonds. The summed E-state index contributed by atoms with van der Waals surface area (Å²) in [5.41, 5.74) is -0.0208. The van der Waals surface area contributed by atoms with Crippen molar-refractivity contribution in [1.29, 1.82) is 0 Å². The number of hydrogen-bond donors (Lipinski definition) is 1. The lowest BCUT2D eigenvalue weighted by atomic mass is 9.77. The Morgan fingerprint density at radius 1 is 1.21 bits per heavy atom. The second kappa shape index (κ2) is 7.21. The average molecular weight is 204 g/mol. The van der Waals surface area contributed by atoms with E-state index in [1.807, 2.05) is 0 Å². The Bertz CT molecular complexity index is 136. The number of ether oxygens (including phenoxy) is 2. The highest BCUT2D eigenvalue weighted by Gasteiger charge is 2.26. The zero-order valence-electron chi connectivity index (χ0n) is 9.88. The summed E-state index contributed by atoms with van der Waals surface area (Å²) in [5.74, 6) is 0.471. The second-order valence-electron chi connectivity index (χ2n) is 4.32. The largest absolute Gasteiger partial charge is 0.396 e. The van der Waals surface area contributed by atoms with Gasteiger partial charge in [0.1, 0.15) is 0 Å². The van der Waals surface area contributed by atoms with Gasteiger partial charge in [0.15, 0.2) is 0 Å². The van der Waals surface area contributed by atoms with E-state index in [1.54, 1.807) is 7.11 Å². The van der Waals surface area contributed by atoms with Crippen molar-refractivity contribution in [2.24, 2.45) is 11.3 Å². The maximum Gasteiger partial charge on any atom is 0.0700 e. The number of methoxy groups -OCH3 is 1. The molecule has 1 N–H and O–H groups in total. The SMILES string of the molecule is COCCOCCC(C)(CO)C(C)C. The lowest BCUT2D eigenvalue weighted by Gasteiger charge is -2.31. The van der Waals surface area contributed by atoms with E-state index in [0.717, 1.165) is 6.42 Å². The number of aliphatic hydroxyl groups is 1. The summed E-state index contributed by atoms with van der Waals surface area (Å²) < 4.78 is 10.3. The summed E-state index contributed by atoms with van der Waals surface area (Å²) in [6.07, 6.45) is 0.894. The summed E-state index contributed by atoms with van der Waals surface area (Å²) >= 11 is 0. The van der Waals surface area contributed by atoms with E-state index >= 15 is 0 Å². The van der Waals surface area contributed by atoms with Gasteiger partial charge in [-0.1, -0.05) is 20.8 Å². The first-order chi connectivity index (χ1) is 6.56. The summed E-state index contributed by atoms with van der Waals surface area (Å²) in [4.78, 5) is 0.